The maximum Gasteiger partial charge on any atom is 0.341 e. The summed E-state index contributed by atoms with van der Waals surface area (Å²) in [5, 5.41) is 0. The van der Waals surface area contributed by atoms with Crippen molar-refractivity contribution in [3.8, 4) is 24.7 Å². The molecular formula is C53H78O56S12. The number of carbonyl (C=O) groups is 10. The smallest absolute Gasteiger partial charge is 0.341 e. The van der Waals surface area contributed by atoms with Gasteiger partial charge in [-0.15, -0.1) is 12.8 Å². The molecule has 6 saturated heterocycles. The molecule has 0 aliphatic carbocycles. The van der Waals surface area contributed by atoms with Crippen LogP contribution in [-0.4, -0.2) is 331 Å². The Morgan fingerprint density at radius 2 is 0.512 bits per heavy atom. The number of methoxy groups -OCH3 is 6. The first kappa shape index (κ1) is 112. The van der Waals surface area contributed by atoms with E-state index in [4.69, 9.17) is 12.8 Å². The molecule has 0 saturated carbocycles. The second kappa shape index (κ2) is 44.6. The van der Waals surface area contributed by atoms with Crippen LogP contribution in [0, 0.1) is 24.7 Å². The van der Waals surface area contributed by atoms with Crippen LogP contribution in [0.1, 0.15) is 75.2 Å². The van der Waals surface area contributed by atoms with Gasteiger partial charge in [0.15, 0.2) is 25.4 Å². The fraction of sp³-hybridized carbons (Fsp3) is 0.736. The first-order chi connectivity index (χ1) is 55.1. The Kier molecular flexibility index (Phi) is 41.2. The van der Waals surface area contributed by atoms with E-state index in [0.717, 1.165) is 77.3 Å². The van der Waals surface area contributed by atoms with Gasteiger partial charge in [-0.25, -0.2) is 47.9 Å². The van der Waals surface area contributed by atoms with Gasteiger partial charge in [0, 0.05) is 0 Å². The standard InChI is InChI=1S/C12H12O10S2.C10H16O10S2.C9H14O10S2.C8H12O10S2.2C7H12O8S2/c1-4-6-19-11(13)9-10(12(14)20-7-5-2)22-24(17,18)8(3)23(15,16)21-9;1-4-17-9(11)7-8(10(12)18-5-2)20-22(15,16)6(3)21(13,14)19-7;1-4-5-20(12,13)18-6(8(10)16-2)7(9(11)17-3)19-21(5,14)15;1-4-19(11,12)17-5(7(9)15-2)6(8(10)16-3)18-20(4,13)14;1-7(2)16(9,10)14-4-5(6(8)13-3)15-17(7,11)12;1-3-6-16(9,10)14-4-5(7(8)13-2)15-17(6,11)12/h1-2,8-10H,6-7H2,3H3;6-8H,4-5H2,1-3H3;5-7H,4H2,1-3H3;4-6H,1-3H3;5H,4H2,1-3H3;5-6H,3-4H2,1-2H3. The van der Waals surface area contributed by atoms with Gasteiger partial charge in [0.2, 0.25) is 75.8 Å². The van der Waals surface area contributed by atoms with E-state index in [1.807, 2.05) is 11.8 Å². The molecule has 0 bridgehead atoms. The molecule has 6 rings (SSSR count). The largest absolute Gasteiger partial charge is 0.467 e. The summed E-state index contributed by atoms with van der Waals surface area (Å²) in [5.74, 6) is -8.73. The molecule has 0 aromatic heterocycles. The minimum absolute atomic E-state index is 0.142. The van der Waals surface area contributed by atoms with Crippen LogP contribution in [-0.2, 0) is 267 Å². The Morgan fingerprint density at radius 1 is 0.298 bits per heavy atom. The zero-order chi connectivity index (χ0) is 94.6. The van der Waals surface area contributed by atoms with E-state index in [1.165, 1.54) is 27.7 Å². The summed E-state index contributed by atoms with van der Waals surface area (Å²) in [6.07, 6.45) is -11.3. The predicted molar refractivity (Wildman–Crippen MR) is 383 cm³/mol. The summed E-state index contributed by atoms with van der Waals surface area (Å²) >= 11 is 0. The molecule has 11 atom stereocenters. The topological polar surface area (TPSA) is 783 Å². The second-order valence-electron chi connectivity index (χ2n) is 22.8. The van der Waals surface area contributed by atoms with Crippen LogP contribution >= 0.6 is 0 Å². The number of carbonyl (C=O) groups excluding carboxylic acids is 10. The highest BCUT2D eigenvalue weighted by Crippen LogP contribution is 2.34. The van der Waals surface area contributed by atoms with Gasteiger partial charge in [-0.2, -0.15) is 101 Å². The van der Waals surface area contributed by atoms with Crippen molar-refractivity contribution in [1.29, 1.82) is 0 Å². The Balaban J connectivity index is 0.000000729. The van der Waals surface area contributed by atoms with Crippen LogP contribution < -0.4 is 0 Å². The van der Waals surface area contributed by atoms with Gasteiger partial charge in [-0.1, -0.05) is 25.7 Å². The lowest BCUT2D eigenvalue weighted by molar-refractivity contribution is -0.167. The number of hydrogen-bond acceptors (Lipinski definition) is 56. The lowest BCUT2D eigenvalue weighted by atomic mass is 10.2. The van der Waals surface area contributed by atoms with Crippen LogP contribution in [0.15, 0.2) is 0 Å². The quantitative estimate of drug-likeness (QED) is 0.0599. The second-order valence-corrected chi connectivity index (χ2v) is 47.1. The van der Waals surface area contributed by atoms with E-state index >= 15 is 0 Å². The molecule has 6 aliphatic rings. The lowest BCUT2D eigenvalue weighted by Crippen LogP contribution is -2.45. The van der Waals surface area contributed by atoms with Crippen molar-refractivity contribution in [3.05, 3.63) is 0 Å². The fourth-order valence-electron chi connectivity index (χ4n) is 7.97. The Bertz CT molecular complexity index is 5140. The van der Waals surface area contributed by atoms with Crippen molar-refractivity contribution in [2.24, 2.45) is 0 Å². The SMILES string of the molecule is C#CCOC(=O)C1OS(=O)(=O)C(C)S(=O)(=O)OC1C(=O)OCC#C.CCC1S(=O)(=O)OC(C(=O)OC)C(C(=O)OC)OS1(=O)=O.CCC1S(=O)(=O)OCC(C(=O)OC)OS1(=O)=O.CCOC(=O)C1OS(=O)(=O)C(C)S(=O)(=O)OC1C(=O)OCC.COC(=O)C1COS(=O)(=O)C(C)(C)S(=O)(=O)O1.COC(=O)C1OS(=O)(=O)C(C)S(=O)(=O)OC1C(=O)OC. The van der Waals surface area contributed by atoms with Crippen LogP contribution in [0.3, 0.4) is 0 Å². The van der Waals surface area contributed by atoms with E-state index in [2.05, 4.69) is 97.6 Å². The van der Waals surface area contributed by atoms with E-state index < -0.39 is 302 Å². The number of hydrogen-bond donors (Lipinski definition) is 0. The molecule has 0 N–H and O–H groups in total. The van der Waals surface area contributed by atoms with Gasteiger partial charge in [0.05, 0.1) is 55.9 Å². The average molecular weight is 2000 g/mol. The third-order valence-electron chi connectivity index (χ3n) is 14.6. The van der Waals surface area contributed by atoms with E-state index in [1.54, 1.807) is 0 Å². The molecule has 11 unspecified atom stereocenters. The minimum Gasteiger partial charge on any atom is -0.467 e. The van der Waals surface area contributed by atoms with Gasteiger partial charge < -0.3 is 47.4 Å². The summed E-state index contributed by atoms with van der Waals surface area (Å²) in [7, 11) is -50.0. The number of terminal acetylenes is 2. The third kappa shape index (κ3) is 28.9. The lowest BCUT2D eigenvalue weighted by Gasteiger charge is -2.19. The van der Waals surface area contributed by atoms with Gasteiger partial charge in [0.1, 0.15) is 13.2 Å². The number of rotatable bonds is 16. The molecule has 0 radical (unpaired) electrons. The molecule has 0 spiro atoms. The summed E-state index contributed by atoms with van der Waals surface area (Å²) < 4.78 is 367. The summed E-state index contributed by atoms with van der Waals surface area (Å²) in [5.41, 5.74) is 0. The van der Waals surface area contributed by atoms with Gasteiger partial charge >= 0.3 is 59.7 Å². The highest BCUT2D eigenvalue weighted by Gasteiger charge is 2.59. The molecule has 0 aromatic carbocycles. The van der Waals surface area contributed by atoms with Crippen LogP contribution in [0.25, 0.3) is 0 Å². The Morgan fingerprint density at radius 3 is 0.752 bits per heavy atom. The van der Waals surface area contributed by atoms with E-state index in [-0.39, 0.29) is 19.6 Å². The average Bonchev–Trinajstić information content (AvgIpc) is 1.69. The summed E-state index contributed by atoms with van der Waals surface area (Å²) in [4.78, 5) is 116. The van der Waals surface area contributed by atoms with Gasteiger partial charge in [-0.3, -0.25) is 50.2 Å². The number of esters is 10. The predicted octanol–water partition coefficient (Wildman–Crippen LogP) is -8.39. The van der Waals surface area contributed by atoms with Crippen molar-refractivity contribution in [2.45, 2.75) is 163 Å². The zero-order valence-corrected chi connectivity index (χ0v) is 74.5. The maximum absolute atomic E-state index is 11.9. The van der Waals surface area contributed by atoms with Crippen molar-refractivity contribution in [2.75, 3.05) is 82.3 Å². The zero-order valence-electron chi connectivity index (χ0n) is 64.7. The molecule has 6 heterocycles. The first-order valence-corrected chi connectivity index (χ1v) is 49.6. The monoisotopic (exact) mass is 1990 g/mol. The molecule has 698 valence electrons. The Hall–Kier alpha value is -7.26. The highest BCUT2D eigenvalue weighted by atomic mass is 32.3. The van der Waals surface area contributed by atoms with Crippen molar-refractivity contribution in [1.82, 2.24) is 0 Å². The van der Waals surface area contributed by atoms with Crippen LogP contribution in [0.4, 0.5) is 0 Å². The van der Waals surface area contributed by atoms with Crippen LogP contribution in [0.5, 0.6) is 0 Å². The molecule has 68 heteroatoms. The summed E-state index contributed by atoms with van der Waals surface area (Å²) in [6, 6.07) is 0. The molecular weight excluding hydrogens is 1920 g/mol. The van der Waals surface area contributed by atoms with Crippen molar-refractivity contribution >= 4 is 181 Å². The normalized spacial score (nSPS) is 30.2. The summed E-state index contributed by atoms with van der Waals surface area (Å²) in [6.45, 7) is 6.72. The first-order valence-electron chi connectivity index (χ1n) is 32.1. The van der Waals surface area contributed by atoms with Gasteiger partial charge in [-0.05, 0) is 61.3 Å². The molecule has 6 fully saturated rings. The van der Waals surface area contributed by atoms with E-state index in [9.17, 15) is 149 Å². The van der Waals surface area contributed by atoms with E-state index in [0.29, 0.717) is 0 Å². The molecule has 0 amide bonds. The van der Waals surface area contributed by atoms with Crippen LogP contribution in [0.2, 0.25) is 0 Å². The number of ether oxygens (including phenoxy) is 10. The fourth-order valence-corrected chi connectivity index (χ4v) is 25.3. The molecule has 56 nitrogen and oxygen atoms in total. The Labute approximate surface area is 693 Å². The molecule has 6 aliphatic heterocycles. The minimum atomic E-state index is -4.83. The van der Waals surface area contributed by atoms with Crippen molar-refractivity contribution in [3.63, 3.8) is 0 Å². The highest BCUT2D eigenvalue weighted by molar-refractivity contribution is 8.07. The third-order valence-corrected chi connectivity index (χ3v) is 39.8. The van der Waals surface area contributed by atoms with Crippen molar-refractivity contribution < 1.29 is 247 Å². The van der Waals surface area contributed by atoms with Gasteiger partial charge in [0.25, 0.3) is 121 Å². The molecule has 0 aromatic rings. The maximum atomic E-state index is 11.9. The molecule has 121 heavy (non-hydrogen) atoms.